The second kappa shape index (κ2) is 4.56. The summed E-state index contributed by atoms with van der Waals surface area (Å²) in [5, 5.41) is 8.90. The van der Waals surface area contributed by atoms with Gasteiger partial charge in [-0.2, -0.15) is 0 Å². The van der Waals surface area contributed by atoms with E-state index in [0.717, 1.165) is 32.1 Å². The molecule has 0 aromatic carbocycles. The predicted octanol–water partition coefficient (Wildman–Crippen LogP) is 2.49. The van der Waals surface area contributed by atoms with E-state index in [1.807, 2.05) is 6.92 Å². The van der Waals surface area contributed by atoms with Crippen LogP contribution in [0.15, 0.2) is 0 Å². The third-order valence-electron chi connectivity index (χ3n) is 4.39. The maximum Gasteiger partial charge on any atom is 0.303 e. The van der Waals surface area contributed by atoms with Gasteiger partial charge in [0.1, 0.15) is 5.78 Å². The highest BCUT2D eigenvalue weighted by molar-refractivity contribution is 5.85. The lowest BCUT2D eigenvalue weighted by Gasteiger charge is -2.41. The second-order valence-corrected chi connectivity index (χ2v) is 5.46. The van der Waals surface area contributed by atoms with E-state index in [2.05, 4.69) is 0 Å². The van der Waals surface area contributed by atoms with Crippen molar-refractivity contribution in [2.45, 2.75) is 45.4 Å². The van der Waals surface area contributed by atoms with Crippen molar-refractivity contribution >= 4 is 11.8 Å². The summed E-state index contributed by atoms with van der Waals surface area (Å²) in [6, 6.07) is 0. The van der Waals surface area contributed by atoms with Crippen LogP contribution in [0.25, 0.3) is 0 Å². The van der Waals surface area contributed by atoms with Gasteiger partial charge < -0.3 is 5.11 Å². The molecule has 2 rings (SSSR count). The van der Waals surface area contributed by atoms with Gasteiger partial charge in [-0.15, -0.1) is 0 Å². The van der Waals surface area contributed by atoms with Crippen LogP contribution in [-0.2, 0) is 9.59 Å². The topological polar surface area (TPSA) is 54.4 Å². The summed E-state index contributed by atoms with van der Waals surface area (Å²) in [6.45, 7) is 1.99. The largest absolute Gasteiger partial charge is 0.481 e. The van der Waals surface area contributed by atoms with E-state index in [9.17, 15) is 9.59 Å². The third kappa shape index (κ3) is 2.13. The van der Waals surface area contributed by atoms with E-state index < -0.39 is 5.97 Å². The molecule has 0 aromatic heterocycles. The number of aliphatic carboxylic acids is 1. The highest BCUT2D eigenvalue weighted by Gasteiger charge is 2.43. The van der Waals surface area contributed by atoms with Crippen molar-refractivity contribution in [2.75, 3.05) is 0 Å². The summed E-state index contributed by atoms with van der Waals surface area (Å²) in [5.74, 6) is 0.358. The number of Topliss-reactive ketones (excluding diaryl/α,β-unsaturated/α-hetero) is 1. The van der Waals surface area contributed by atoms with Gasteiger partial charge in [-0.3, -0.25) is 9.59 Å². The molecule has 2 saturated carbocycles. The molecule has 0 radical (unpaired) electrons. The van der Waals surface area contributed by atoms with E-state index in [1.165, 1.54) is 0 Å². The summed E-state index contributed by atoms with van der Waals surface area (Å²) in [6.07, 6.45) is 5.44. The first-order valence-electron chi connectivity index (χ1n) is 6.35. The van der Waals surface area contributed by atoms with Crippen molar-refractivity contribution < 1.29 is 14.7 Å². The molecule has 16 heavy (non-hydrogen) atoms. The average molecular weight is 224 g/mol. The molecule has 4 atom stereocenters. The molecule has 0 heterocycles. The molecule has 3 heteroatoms. The molecule has 0 aliphatic heterocycles. The quantitative estimate of drug-likeness (QED) is 0.784. The molecule has 1 N–H and O–H groups in total. The van der Waals surface area contributed by atoms with Crippen molar-refractivity contribution in [1.29, 1.82) is 0 Å². The minimum atomic E-state index is -0.753. The normalized spacial score (nSPS) is 39.2. The van der Waals surface area contributed by atoms with Crippen molar-refractivity contribution in [3.8, 4) is 0 Å². The molecule has 90 valence electrons. The molecule has 0 bridgehead atoms. The maximum atomic E-state index is 12.2. The highest BCUT2D eigenvalue weighted by atomic mass is 16.4. The first-order valence-corrected chi connectivity index (χ1v) is 6.35. The fourth-order valence-electron chi connectivity index (χ4n) is 3.56. The fraction of sp³-hybridized carbons (Fsp3) is 0.846. The van der Waals surface area contributed by atoms with Gasteiger partial charge in [0.05, 0.1) is 0 Å². The van der Waals surface area contributed by atoms with Gasteiger partial charge in [-0.25, -0.2) is 0 Å². The lowest BCUT2D eigenvalue weighted by Crippen LogP contribution is -2.41. The SMILES string of the molecule is C[C@@H]1CC[C@H]2CCC[C@@H](CC(=O)O)[C@@H]2C1=O. The zero-order valence-corrected chi connectivity index (χ0v) is 9.82. The number of carboxylic acid groups (broad SMARTS) is 1. The van der Waals surface area contributed by atoms with Crippen LogP contribution in [0, 0.1) is 23.7 Å². The summed E-state index contributed by atoms with van der Waals surface area (Å²) in [5.41, 5.74) is 0. The Kier molecular flexibility index (Phi) is 3.31. The van der Waals surface area contributed by atoms with Gasteiger partial charge in [0, 0.05) is 18.3 Å². The number of carbonyl (C=O) groups is 2. The zero-order chi connectivity index (χ0) is 11.7. The number of carboxylic acids is 1. The number of ketones is 1. The van der Waals surface area contributed by atoms with Gasteiger partial charge in [0.2, 0.25) is 0 Å². The Morgan fingerprint density at radius 3 is 2.75 bits per heavy atom. The highest BCUT2D eigenvalue weighted by Crippen LogP contribution is 2.44. The summed E-state index contributed by atoms with van der Waals surface area (Å²) in [7, 11) is 0. The summed E-state index contributed by atoms with van der Waals surface area (Å²) in [4.78, 5) is 23.0. The van der Waals surface area contributed by atoms with Gasteiger partial charge in [-0.1, -0.05) is 13.3 Å². The Morgan fingerprint density at radius 2 is 2.06 bits per heavy atom. The first-order chi connectivity index (χ1) is 7.59. The van der Waals surface area contributed by atoms with Crippen LogP contribution in [-0.4, -0.2) is 16.9 Å². The molecule has 0 saturated heterocycles. The zero-order valence-electron chi connectivity index (χ0n) is 9.82. The first kappa shape index (κ1) is 11.6. The van der Waals surface area contributed by atoms with Gasteiger partial charge in [0.15, 0.2) is 0 Å². The molecule has 0 amide bonds. The number of fused-ring (bicyclic) bond motifs is 1. The standard InChI is InChI=1S/C13H20O3/c1-8-5-6-9-3-2-4-10(7-11(14)15)12(9)13(8)16/h8-10,12H,2-7H2,1H3,(H,14,15)/t8-,9-,10+,12-/m1/s1. The summed E-state index contributed by atoms with van der Waals surface area (Å²) >= 11 is 0. The Bertz CT molecular complexity index is 298. The van der Waals surface area contributed by atoms with Crippen molar-refractivity contribution in [3.05, 3.63) is 0 Å². The van der Waals surface area contributed by atoms with Crippen LogP contribution in [0.2, 0.25) is 0 Å². The molecule has 0 unspecified atom stereocenters. The maximum absolute atomic E-state index is 12.2. The molecule has 0 aromatic rings. The monoisotopic (exact) mass is 224 g/mol. The van der Waals surface area contributed by atoms with E-state index >= 15 is 0 Å². The smallest absolute Gasteiger partial charge is 0.303 e. The summed E-state index contributed by atoms with van der Waals surface area (Å²) < 4.78 is 0. The van der Waals surface area contributed by atoms with Crippen LogP contribution >= 0.6 is 0 Å². The van der Waals surface area contributed by atoms with Gasteiger partial charge in [-0.05, 0) is 37.5 Å². The predicted molar refractivity (Wildman–Crippen MR) is 60.0 cm³/mol. The van der Waals surface area contributed by atoms with Gasteiger partial charge in [0.25, 0.3) is 0 Å². The van der Waals surface area contributed by atoms with Crippen molar-refractivity contribution in [2.24, 2.45) is 23.7 Å². The van der Waals surface area contributed by atoms with Crippen LogP contribution < -0.4 is 0 Å². The molecule has 2 aliphatic rings. The van der Waals surface area contributed by atoms with E-state index in [1.54, 1.807) is 0 Å². The van der Waals surface area contributed by atoms with E-state index in [4.69, 9.17) is 5.11 Å². The van der Waals surface area contributed by atoms with Crippen LogP contribution in [0.3, 0.4) is 0 Å². The fourth-order valence-corrected chi connectivity index (χ4v) is 3.56. The van der Waals surface area contributed by atoms with Gasteiger partial charge >= 0.3 is 5.97 Å². The number of hydrogen-bond donors (Lipinski definition) is 1. The van der Waals surface area contributed by atoms with Crippen LogP contribution in [0.5, 0.6) is 0 Å². The van der Waals surface area contributed by atoms with Crippen LogP contribution in [0.1, 0.15) is 45.4 Å². The molecule has 2 aliphatic carbocycles. The number of hydrogen-bond acceptors (Lipinski definition) is 2. The lowest BCUT2D eigenvalue weighted by molar-refractivity contribution is -0.142. The lowest BCUT2D eigenvalue weighted by atomic mass is 9.62. The van der Waals surface area contributed by atoms with Crippen molar-refractivity contribution in [1.82, 2.24) is 0 Å². The minimum absolute atomic E-state index is 0.0496. The van der Waals surface area contributed by atoms with Crippen molar-refractivity contribution in [3.63, 3.8) is 0 Å². The van der Waals surface area contributed by atoms with E-state index in [0.29, 0.717) is 11.7 Å². The molecule has 3 nitrogen and oxygen atoms in total. The molecular formula is C13H20O3. The molecule has 2 fully saturated rings. The number of carbonyl (C=O) groups excluding carboxylic acids is 1. The Hall–Kier alpha value is -0.860. The Morgan fingerprint density at radius 1 is 1.31 bits per heavy atom. The molecule has 0 spiro atoms. The minimum Gasteiger partial charge on any atom is -0.481 e. The van der Waals surface area contributed by atoms with E-state index in [-0.39, 0.29) is 24.2 Å². The second-order valence-electron chi connectivity index (χ2n) is 5.46. The Labute approximate surface area is 96.2 Å². The Balaban J connectivity index is 2.13. The average Bonchev–Trinajstić information content (AvgIpc) is 2.23. The van der Waals surface area contributed by atoms with Crippen LogP contribution in [0.4, 0.5) is 0 Å². The third-order valence-corrected chi connectivity index (χ3v) is 4.39. The molecular weight excluding hydrogens is 204 g/mol. The number of rotatable bonds is 2.